The molecule has 0 unspecified atom stereocenters. The molecular weight excluding hydrogens is 340 g/mol. The number of fused-ring (bicyclic) bond motifs is 5. The van der Waals surface area contributed by atoms with E-state index in [1.54, 1.807) is 0 Å². The Morgan fingerprint density at radius 3 is 2.61 bits per heavy atom. The first kappa shape index (κ1) is 20.7. The summed E-state index contributed by atoms with van der Waals surface area (Å²) in [5.41, 5.74) is 2.31. The quantitative estimate of drug-likeness (QED) is 0.498. The Morgan fingerprint density at radius 1 is 1.07 bits per heavy atom. The summed E-state index contributed by atoms with van der Waals surface area (Å²) in [7, 11) is 0. The fourth-order valence-electron chi connectivity index (χ4n) is 8.26. The first-order chi connectivity index (χ1) is 13.3. The van der Waals surface area contributed by atoms with Crippen LogP contribution in [-0.2, 0) is 0 Å². The molecular formula is C27H44O. The molecule has 0 aliphatic heterocycles. The minimum atomic E-state index is -0.257. The van der Waals surface area contributed by atoms with E-state index in [0.29, 0.717) is 5.41 Å². The molecule has 0 saturated heterocycles. The lowest BCUT2D eigenvalue weighted by molar-refractivity contribution is -0.0356. The molecule has 0 aromatic carbocycles. The lowest BCUT2D eigenvalue weighted by Gasteiger charge is -2.57. The van der Waals surface area contributed by atoms with Gasteiger partial charge in [0.2, 0.25) is 0 Å². The van der Waals surface area contributed by atoms with Gasteiger partial charge >= 0.3 is 0 Å². The molecule has 1 heteroatoms. The SMILES string of the molecule is CC(C)CCC[C@@H](C)[C@H]1CC[C@H]2[C@H]3CC=C4C[C@@H](O)C=C[C@]4(C)[C@H]3CC[C@]12C. The van der Waals surface area contributed by atoms with Gasteiger partial charge in [0.05, 0.1) is 6.10 Å². The van der Waals surface area contributed by atoms with E-state index >= 15 is 0 Å². The molecule has 0 aromatic rings. The molecule has 158 valence electrons. The van der Waals surface area contributed by atoms with Gasteiger partial charge in [-0.3, -0.25) is 0 Å². The van der Waals surface area contributed by atoms with Gasteiger partial charge in [0.1, 0.15) is 0 Å². The van der Waals surface area contributed by atoms with Crippen molar-refractivity contribution in [2.45, 2.75) is 98.5 Å². The van der Waals surface area contributed by atoms with Gasteiger partial charge in [-0.15, -0.1) is 0 Å². The summed E-state index contributed by atoms with van der Waals surface area (Å²) >= 11 is 0. The molecule has 0 heterocycles. The van der Waals surface area contributed by atoms with Crippen LogP contribution in [0.4, 0.5) is 0 Å². The highest BCUT2D eigenvalue weighted by atomic mass is 16.3. The Kier molecular flexibility index (Phi) is 5.62. The topological polar surface area (TPSA) is 20.2 Å². The highest BCUT2D eigenvalue weighted by molar-refractivity contribution is 5.32. The summed E-state index contributed by atoms with van der Waals surface area (Å²) < 4.78 is 0. The van der Waals surface area contributed by atoms with Gasteiger partial charge < -0.3 is 5.11 Å². The summed E-state index contributed by atoms with van der Waals surface area (Å²) in [5.74, 6) is 5.25. The Bertz CT molecular complexity index is 630. The maximum Gasteiger partial charge on any atom is 0.0758 e. The van der Waals surface area contributed by atoms with Gasteiger partial charge in [0, 0.05) is 5.41 Å². The second kappa shape index (κ2) is 7.60. The van der Waals surface area contributed by atoms with E-state index in [1.165, 1.54) is 56.9 Å². The minimum absolute atomic E-state index is 0.213. The van der Waals surface area contributed by atoms with E-state index in [2.05, 4.69) is 52.8 Å². The molecule has 4 aliphatic rings. The van der Waals surface area contributed by atoms with E-state index in [1.807, 2.05) is 0 Å². The Hall–Kier alpha value is -0.560. The average Bonchev–Trinajstić information content (AvgIpc) is 2.99. The van der Waals surface area contributed by atoms with Crippen LogP contribution >= 0.6 is 0 Å². The van der Waals surface area contributed by atoms with Crippen LogP contribution in [0.15, 0.2) is 23.8 Å². The fourth-order valence-corrected chi connectivity index (χ4v) is 8.26. The van der Waals surface area contributed by atoms with Gasteiger partial charge in [-0.25, -0.2) is 0 Å². The molecule has 1 N–H and O–H groups in total. The van der Waals surface area contributed by atoms with Crippen molar-refractivity contribution in [1.82, 2.24) is 0 Å². The summed E-state index contributed by atoms with van der Waals surface area (Å²) in [6, 6.07) is 0. The molecule has 0 amide bonds. The average molecular weight is 385 g/mol. The number of allylic oxidation sites excluding steroid dienone is 2. The molecule has 4 aliphatic carbocycles. The molecule has 1 nitrogen and oxygen atoms in total. The van der Waals surface area contributed by atoms with Crippen molar-refractivity contribution in [3.05, 3.63) is 23.8 Å². The maximum atomic E-state index is 10.1. The minimum Gasteiger partial charge on any atom is -0.389 e. The van der Waals surface area contributed by atoms with Crippen molar-refractivity contribution in [2.24, 2.45) is 46.3 Å². The van der Waals surface area contributed by atoms with Gasteiger partial charge in [0.25, 0.3) is 0 Å². The number of aliphatic hydroxyl groups excluding tert-OH is 1. The molecule has 2 fully saturated rings. The van der Waals surface area contributed by atoms with Crippen molar-refractivity contribution < 1.29 is 5.11 Å². The third-order valence-electron chi connectivity index (χ3n) is 9.83. The monoisotopic (exact) mass is 384 g/mol. The molecule has 0 bridgehead atoms. The van der Waals surface area contributed by atoms with Gasteiger partial charge in [-0.1, -0.05) is 77.7 Å². The molecule has 0 spiro atoms. The fraction of sp³-hybridized carbons (Fsp3) is 0.852. The van der Waals surface area contributed by atoms with E-state index in [0.717, 1.165) is 41.9 Å². The smallest absolute Gasteiger partial charge is 0.0758 e. The van der Waals surface area contributed by atoms with Crippen molar-refractivity contribution in [1.29, 1.82) is 0 Å². The summed E-state index contributed by atoms with van der Waals surface area (Å²) in [4.78, 5) is 0. The zero-order chi connectivity index (χ0) is 20.1. The molecule has 28 heavy (non-hydrogen) atoms. The van der Waals surface area contributed by atoms with Gasteiger partial charge in [-0.2, -0.15) is 0 Å². The predicted octanol–water partition coefficient (Wildman–Crippen LogP) is 7.16. The van der Waals surface area contributed by atoms with E-state index in [9.17, 15) is 5.11 Å². The number of hydrogen-bond acceptors (Lipinski definition) is 1. The largest absolute Gasteiger partial charge is 0.389 e. The standard InChI is InChI=1S/C27H44O/c1-18(2)7-6-8-19(3)23-11-12-24-22-10-9-20-17-21(28)13-15-26(20,4)25(22)14-16-27(23,24)5/h9,13,15,18-19,21-25,28H,6-8,10-12,14,16-17H2,1-5H3/t19-,21+,22-,23-,24+,25+,26+,27-/m1/s1. The van der Waals surface area contributed by atoms with Crippen molar-refractivity contribution in [3.63, 3.8) is 0 Å². The number of hydrogen-bond donors (Lipinski definition) is 1. The first-order valence-corrected chi connectivity index (χ1v) is 12.3. The van der Waals surface area contributed by atoms with Crippen LogP contribution in [0.3, 0.4) is 0 Å². The highest BCUT2D eigenvalue weighted by Crippen LogP contribution is 2.66. The molecule has 2 saturated carbocycles. The zero-order valence-electron chi connectivity index (χ0n) is 19.1. The normalized spacial score (nSPS) is 46.0. The van der Waals surface area contributed by atoms with Crippen molar-refractivity contribution in [3.8, 4) is 0 Å². The summed E-state index contributed by atoms with van der Waals surface area (Å²) in [6.45, 7) is 12.4. The summed E-state index contributed by atoms with van der Waals surface area (Å²) in [6.07, 6.45) is 18.9. The van der Waals surface area contributed by atoms with Gasteiger partial charge in [0.15, 0.2) is 0 Å². The Morgan fingerprint density at radius 2 is 1.86 bits per heavy atom. The van der Waals surface area contributed by atoms with Crippen LogP contribution in [0.25, 0.3) is 0 Å². The zero-order valence-corrected chi connectivity index (χ0v) is 19.1. The van der Waals surface area contributed by atoms with Crippen LogP contribution in [0, 0.1) is 46.3 Å². The van der Waals surface area contributed by atoms with E-state index < -0.39 is 0 Å². The first-order valence-electron chi connectivity index (χ1n) is 12.3. The van der Waals surface area contributed by atoms with E-state index in [4.69, 9.17) is 0 Å². The molecule has 0 aromatic heterocycles. The van der Waals surface area contributed by atoms with E-state index in [-0.39, 0.29) is 11.5 Å². The van der Waals surface area contributed by atoms with Crippen LogP contribution < -0.4 is 0 Å². The maximum absolute atomic E-state index is 10.1. The van der Waals surface area contributed by atoms with Crippen LogP contribution in [0.1, 0.15) is 92.4 Å². The van der Waals surface area contributed by atoms with Crippen LogP contribution in [0.2, 0.25) is 0 Å². The lowest BCUT2D eigenvalue weighted by Crippen LogP contribution is -2.49. The second-order valence-corrected chi connectivity index (χ2v) is 11.8. The molecule has 8 atom stereocenters. The van der Waals surface area contributed by atoms with Gasteiger partial charge in [-0.05, 0) is 79.4 Å². The molecule has 0 radical (unpaired) electrons. The van der Waals surface area contributed by atoms with Crippen LogP contribution in [0.5, 0.6) is 0 Å². The number of aliphatic hydroxyl groups is 1. The predicted molar refractivity (Wildman–Crippen MR) is 119 cm³/mol. The Balaban J connectivity index is 1.50. The van der Waals surface area contributed by atoms with Crippen molar-refractivity contribution in [2.75, 3.05) is 0 Å². The van der Waals surface area contributed by atoms with Crippen molar-refractivity contribution >= 4 is 0 Å². The van der Waals surface area contributed by atoms with Crippen LogP contribution in [-0.4, -0.2) is 11.2 Å². The third-order valence-corrected chi connectivity index (χ3v) is 9.83. The molecule has 4 rings (SSSR count). The highest BCUT2D eigenvalue weighted by Gasteiger charge is 2.58. The second-order valence-electron chi connectivity index (χ2n) is 11.8. The number of rotatable bonds is 5. The summed E-state index contributed by atoms with van der Waals surface area (Å²) in [5, 5.41) is 10.1. The Labute approximate surface area is 174 Å². The lowest BCUT2D eigenvalue weighted by atomic mass is 9.48. The third kappa shape index (κ3) is 3.34.